The van der Waals surface area contributed by atoms with E-state index < -0.39 is 26.2 Å². The molecule has 0 N–H and O–H groups in total. The Labute approximate surface area is 213 Å². The first kappa shape index (κ1) is 25.9. The van der Waals surface area contributed by atoms with E-state index in [0.29, 0.717) is 6.54 Å². The van der Waals surface area contributed by atoms with Gasteiger partial charge in [-0.2, -0.15) is 12.7 Å². The summed E-state index contributed by atoms with van der Waals surface area (Å²) in [7, 11) is -3.97. The first-order chi connectivity index (χ1) is 17.0. The lowest BCUT2D eigenvalue weighted by Crippen LogP contribution is -2.37. The number of nitrogens with zero attached hydrogens (tertiary/aromatic N) is 4. The molecule has 3 aromatic carbocycles. The maximum atomic E-state index is 13.6. The monoisotopic (exact) mass is 526 g/mol. The van der Waals surface area contributed by atoms with E-state index in [1.54, 1.807) is 54.3 Å². The average molecular weight is 527 g/mol. The smallest absolute Gasteiger partial charge is 0.283 e. The van der Waals surface area contributed by atoms with Crippen molar-refractivity contribution in [1.82, 2.24) is 9.21 Å². The van der Waals surface area contributed by atoms with Crippen molar-refractivity contribution in [3.05, 3.63) is 90.0 Å². The highest BCUT2D eigenvalue weighted by Crippen LogP contribution is 2.36. The number of anilines is 1. The van der Waals surface area contributed by atoms with Gasteiger partial charge in [-0.3, -0.25) is 0 Å². The predicted octanol–water partition coefficient (Wildman–Crippen LogP) is 3.87. The minimum absolute atomic E-state index is 0.0901. The summed E-state index contributed by atoms with van der Waals surface area (Å²) in [6, 6.07) is 22.3. The van der Waals surface area contributed by atoms with E-state index in [-0.39, 0.29) is 22.2 Å². The van der Waals surface area contributed by atoms with Gasteiger partial charge in [-0.1, -0.05) is 48.0 Å². The zero-order valence-corrected chi connectivity index (χ0v) is 22.4. The molecule has 3 aromatic rings. The van der Waals surface area contributed by atoms with Crippen molar-refractivity contribution in [2.24, 2.45) is 4.40 Å². The van der Waals surface area contributed by atoms with Gasteiger partial charge in [0.1, 0.15) is 12.0 Å². The fourth-order valence-electron chi connectivity index (χ4n) is 4.20. The molecule has 0 radical (unpaired) electrons. The van der Waals surface area contributed by atoms with E-state index >= 15 is 0 Å². The van der Waals surface area contributed by atoms with Crippen molar-refractivity contribution in [3.8, 4) is 0 Å². The van der Waals surface area contributed by atoms with Gasteiger partial charge in [0.25, 0.3) is 10.0 Å². The van der Waals surface area contributed by atoms with Crippen LogP contribution < -0.4 is 4.90 Å². The molecule has 8 nitrogen and oxygen atoms in total. The highest BCUT2D eigenvalue weighted by Gasteiger charge is 2.42. The quantitative estimate of drug-likeness (QED) is 0.358. The Hall–Kier alpha value is -3.21. The van der Waals surface area contributed by atoms with Crippen molar-refractivity contribution >= 4 is 31.6 Å². The molecule has 0 bridgehead atoms. The van der Waals surface area contributed by atoms with Crippen molar-refractivity contribution in [1.29, 1.82) is 0 Å². The maximum Gasteiger partial charge on any atom is 0.283 e. The topological polar surface area (TPSA) is 90.4 Å². The van der Waals surface area contributed by atoms with E-state index in [1.807, 2.05) is 50.2 Å². The summed E-state index contributed by atoms with van der Waals surface area (Å²) < 4.78 is 58.8. The first-order valence-corrected chi connectivity index (χ1v) is 14.4. The third-order valence-corrected chi connectivity index (χ3v) is 9.41. The molecule has 0 aliphatic carbocycles. The van der Waals surface area contributed by atoms with Crippen LogP contribution in [0.15, 0.2) is 93.1 Å². The van der Waals surface area contributed by atoms with Crippen LogP contribution in [0, 0.1) is 6.92 Å². The molecule has 1 atom stereocenters. The molecule has 1 unspecified atom stereocenters. The predicted molar refractivity (Wildman–Crippen MR) is 142 cm³/mol. The van der Waals surface area contributed by atoms with Gasteiger partial charge in [-0.25, -0.2) is 8.42 Å². The maximum absolute atomic E-state index is 13.6. The molecule has 0 aromatic heterocycles. The van der Waals surface area contributed by atoms with Crippen molar-refractivity contribution < 1.29 is 16.8 Å². The summed E-state index contributed by atoms with van der Waals surface area (Å²) in [4.78, 5) is 3.96. The van der Waals surface area contributed by atoms with Crippen LogP contribution in [0.2, 0.25) is 0 Å². The van der Waals surface area contributed by atoms with E-state index in [4.69, 9.17) is 0 Å². The standard InChI is InChI=1S/C26H30N4O4S2/c1-20-10-16-24(17-11-20)35(31,32)27-21(2)29-18-19-30(36(33,34)25-8-6-5-7-9-25)26(29)22-12-14-23(15-13-22)28(3)4/h5-17,26H,18-19H2,1-4H3/b27-21+. The Morgan fingerprint density at radius 3 is 2.03 bits per heavy atom. The molecule has 1 heterocycles. The van der Waals surface area contributed by atoms with Crippen LogP contribution in [0.25, 0.3) is 0 Å². The molecule has 1 aliphatic heterocycles. The van der Waals surface area contributed by atoms with Gasteiger partial charge >= 0.3 is 0 Å². The van der Waals surface area contributed by atoms with Crippen LogP contribution in [0.5, 0.6) is 0 Å². The van der Waals surface area contributed by atoms with Gasteiger partial charge < -0.3 is 9.80 Å². The number of sulfonamides is 2. The van der Waals surface area contributed by atoms with Crippen LogP contribution in [-0.4, -0.2) is 59.1 Å². The van der Waals surface area contributed by atoms with Crippen LogP contribution >= 0.6 is 0 Å². The number of hydrogen-bond acceptors (Lipinski definition) is 5. The second-order valence-corrected chi connectivity index (χ2v) is 12.4. The van der Waals surface area contributed by atoms with Gasteiger partial charge in [0.15, 0.2) is 0 Å². The summed E-state index contributed by atoms with van der Waals surface area (Å²) in [5.41, 5.74) is 2.63. The molecular formula is C26H30N4O4S2. The van der Waals surface area contributed by atoms with Gasteiger partial charge in [-0.15, -0.1) is 4.40 Å². The highest BCUT2D eigenvalue weighted by atomic mass is 32.2. The lowest BCUT2D eigenvalue weighted by atomic mass is 10.1. The Bertz CT molecular complexity index is 1450. The van der Waals surface area contributed by atoms with Gasteiger partial charge in [0.05, 0.1) is 9.79 Å². The molecule has 1 fully saturated rings. The Morgan fingerprint density at radius 1 is 0.833 bits per heavy atom. The van der Waals surface area contributed by atoms with Crippen molar-refractivity contribution in [2.75, 3.05) is 32.1 Å². The minimum atomic E-state index is -3.97. The Morgan fingerprint density at radius 2 is 1.44 bits per heavy atom. The van der Waals surface area contributed by atoms with E-state index in [2.05, 4.69) is 4.40 Å². The second-order valence-electron chi connectivity index (χ2n) is 8.91. The number of rotatable bonds is 6. The van der Waals surface area contributed by atoms with E-state index in [1.165, 1.54) is 16.4 Å². The van der Waals surface area contributed by atoms with Crippen LogP contribution in [-0.2, 0) is 20.0 Å². The van der Waals surface area contributed by atoms with Crippen LogP contribution in [0.4, 0.5) is 5.69 Å². The largest absolute Gasteiger partial charge is 0.378 e. The van der Waals surface area contributed by atoms with Gasteiger partial charge in [-0.05, 0) is 55.8 Å². The zero-order valence-electron chi connectivity index (χ0n) is 20.7. The van der Waals surface area contributed by atoms with Gasteiger partial charge in [0, 0.05) is 32.9 Å². The minimum Gasteiger partial charge on any atom is -0.378 e. The molecule has 36 heavy (non-hydrogen) atoms. The molecule has 4 rings (SSSR count). The Kier molecular flexibility index (Phi) is 7.21. The van der Waals surface area contributed by atoms with E-state index in [9.17, 15) is 16.8 Å². The highest BCUT2D eigenvalue weighted by molar-refractivity contribution is 7.90. The average Bonchev–Trinajstić information content (AvgIpc) is 3.31. The van der Waals surface area contributed by atoms with Crippen molar-refractivity contribution in [2.45, 2.75) is 29.8 Å². The van der Waals surface area contributed by atoms with Crippen LogP contribution in [0.3, 0.4) is 0 Å². The second kappa shape index (κ2) is 10.0. The molecule has 1 saturated heterocycles. The number of aryl methyl sites for hydroxylation is 1. The SMILES string of the molecule is C/C(=N\S(=O)(=O)c1ccc(C)cc1)N1CCN(S(=O)(=O)c2ccccc2)C1c1ccc(N(C)C)cc1. The summed E-state index contributed by atoms with van der Waals surface area (Å²) in [6.45, 7) is 3.97. The summed E-state index contributed by atoms with van der Waals surface area (Å²) in [6.07, 6.45) is -0.747. The molecule has 0 amide bonds. The molecule has 10 heteroatoms. The Balaban J connectivity index is 1.77. The van der Waals surface area contributed by atoms with Gasteiger partial charge in [0.2, 0.25) is 10.0 Å². The number of amidine groups is 1. The van der Waals surface area contributed by atoms with E-state index in [0.717, 1.165) is 16.8 Å². The molecular weight excluding hydrogens is 496 g/mol. The first-order valence-electron chi connectivity index (χ1n) is 11.5. The fourth-order valence-corrected chi connectivity index (χ4v) is 6.84. The third kappa shape index (κ3) is 5.16. The summed E-state index contributed by atoms with van der Waals surface area (Å²) in [5, 5.41) is 0. The third-order valence-electron chi connectivity index (χ3n) is 6.17. The summed E-state index contributed by atoms with van der Waals surface area (Å²) in [5.74, 6) is 0.225. The number of benzene rings is 3. The van der Waals surface area contributed by atoms with Crippen molar-refractivity contribution in [3.63, 3.8) is 0 Å². The van der Waals surface area contributed by atoms with Crippen LogP contribution in [0.1, 0.15) is 24.2 Å². The number of hydrogen-bond donors (Lipinski definition) is 0. The lowest BCUT2D eigenvalue weighted by molar-refractivity contribution is 0.284. The summed E-state index contributed by atoms with van der Waals surface area (Å²) >= 11 is 0. The molecule has 1 aliphatic rings. The lowest BCUT2D eigenvalue weighted by Gasteiger charge is -2.31. The normalized spacial score (nSPS) is 17.4. The zero-order chi connectivity index (χ0) is 26.1. The molecule has 0 saturated carbocycles. The fraction of sp³-hybridized carbons (Fsp3) is 0.269. The molecule has 190 valence electrons. The molecule has 0 spiro atoms.